The van der Waals surface area contributed by atoms with Gasteiger partial charge in [-0.1, -0.05) is 25.8 Å². The molecule has 5 heteroatoms. The molecule has 0 radical (unpaired) electrons. The fourth-order valence-corrected chi connectivity index (χ4v) is 2.31. The van der Waals surface area contributed by atoms with Crippen LogP contribution in [0.5, 0.6) is 0 Å². The minimum atomic E-state index is -0.974. The van der Waals surface area contributed by atoms with E-state index in [2.05, 4.69) is 17.2 Å². The molecular weight excluding hydrogens is 280 g/mol. The second-order valence-corrected chi connectivity index (χ2v) is 5.09. The van der Waals surface area contributed by atoms with E-state index in [9.17, 15) is 4.79 Å². The number of aromatic nitrogens is 1. The first kappa shape index (κ1) is 18.6. The van der Waals surface area contributed by atoms with Crippen LogP contribution in [0.4, 0.5) is 0 Å². The number of amides is 1. The molecule has 1 amide bonds. The smallest absolute Gasteiger partial charge is 0.220 e. The number of carbonyl (C=O) groups excluding carboxylic acids is 1. The summed E-state index contributed by atoms with van der Waals surface area (Å²) in [6.07, 6.45) is 7.04. The lowest BCUT2D eigenvalue weighted by molar-refractivity contribution is -0.239. The summed E-state index contributed by atoms with van der Waals surface area (Å²) in [6, 6.07) is 3.74. The Hall–Kier alpha value is -1.46. The predicted octanol–water partition coefficient (Wildman–Crippen LogP) is 3.00. The van der Waals surface area contributed by atoms with Gasteiger partial charge in [0, 0.05) is 37.6 Å². The lowest BCUT2D eigenvalue weighted by atomic mass is 10.1. The van der Waals surface area contributed by atoms with Gasteiger partial charge in [0.05, 0.1) is 6.54 Å². The molecule has 124 valence electrons. The van der Waals surface area contributed by atoms with Gasteiger partial charge in [0.2, 0.25) is 11.7 Å². The van der Waals surface area contributed by atoms with E-state index >= 15 is 0 Å². The predicted molar refractivity (Wildman–Crippen MR) is 86.3 cm³/mol. The van der Waals surface area contributed by atoms with Crippen molar-refractivity contribution < 1.29 is 14.3 Å². The lowest BCUT2D eigenvalue weighted by Gasteiger charge is -2.33. The zero-order valence-corrected chi connectivity index (χ0v) is 13.9. The molecule has 1 heterocycles. The second kappa shape index (κ2) is 10.3. The van der Waals surface area contributed by atoms with E-state index in [1.165, 1.54) is 0 Å². The van der Waals surface area contributed by atoms with Crippen LogP contribution in [-0.4, -0.2) is 30.6 Å². The summed E-state index contributed by atoms with van der Waals surface area (Å²) < 4.78 is 11.7. The van der Waals surface area contributed by atoms with Crippen molar-refractivity contribution in [2.75, 3.05) is 19.8 Å². The first-order valence-electron chi connectivity index (χ1n) is 8.13. The molecule has 0 saturated heterocycles. The number of pyridine rings is 1. The van der Waals surface area contributed by atoms with Crippen LogP contribution in [-0.2, 0) is 20.1 Å². The standard InChI is InChI=1S/C17H28N2O3/c1-4-7-8-11-16(20)19-14-17(21-5-2,22-6-3)15-10-9-12-18-13-15/h9-10,12-13H,4-8,11,14H2,1-3H3,(H,19,20). The van der Waals surface area contributed by atoms with Crippen molar-refractivity contribution in [3.63, 3.8) is 0 Å². The van der Waals surface area contributed by atoms with Crippen LogP contribution in [0.2, 0.25) is 0 Å². The number of carbonyl (C=O) groups is 1. The van der Waals surface area contributed by atoms with Crippen LogP contribution in [0, 0.1) is 0 Å². The summed E-state index contributed by atoms with van der Waals surface area (Å²) in [7, 11) is 0. The SMILES string of the molecule is CCCCCC(=O)NCC(OCC)(OCC)c1cccnc1. The average Bonchev–Trinajstić information content (AvgIpc) is 2.54. The highest BCUT2D eigenvalue weighted by Gasteiger charge is 2.34. The second-order valence-electron chi connectivity index (χ2n) is 5.09. The Kier molecular flexibility index (Phi) is 8.70. The fourth-order valence-electron chi connectivity index (χ4n) is 2.31. The first-order chi connectivity index (χ1) is 10.7. The van der Waals surface area contributed by atoms with Crippen LogP contribution < -0.4 is 5.32 Å². The fraction of sp³-hybridized carbons (Fsp3) is 0.647. The van der Waals surface area contributed by atoms with Gasteiger partial charge < -0.3 is 14.8 Å². The molecule has 5 nitrogen and oxygen atoms in total. The van der Waals surface area contributed by atoms with Crippen molar-refractivity contribution in [1.29, 1.82) is 0 Å². The molecule has 1 aromatic rings. The molecule has 1 aromatic heterocycles. The van der Waals surface area contributed by atoms with E-state index in [0.717, 1.165) is 24.8 Å². The van der Waals surface area contributed by atoms with Crippen molar-refractivity contribution in [1.82, 2.24) is 10.3 Å². The highest BCUT2D eigenvalue weighted by Crippen LogP contribution is 2.26. The van der Waals surface area contributed by atoms with E-state index in [4.69, 9.17) is 9.47 Å². The van der Waals surface area contributed by atoms with Crippen LogP contribution in [0.3, 0.4) is 0 Å². The third-order valence-electron chi connectivity index (χ3n) is 3.38. The van der Waals surface area contributed by atoms with E-state index in [0.29, 0.717) is 19.6 Å². The maximum absolute atomic E-state index is 12.0. The summed E-state index contributed by atoms with van der Waals surface area (Å²) in [6.45, 7) is 7.20. The van der Waals surface area contributed by atoms with Gasteiger partial charge in [-0.3, -0.25) is 9.78 Å². The van der Waals surface area contributed by atoms with Crippen molar-refractivity contribution in [3.8, 4) is 0 Å². The van der Waals surface area contributed by atoms with E-state index < -0.39 is 5.79 Å². The monoisotopic (exact) mass is 308 g/mol. The number of rotatable bonds is 11. The van der Waals surface area contributed by atoms with Gasteiger partial charge in [-0.15, -0.1) is 0 Å². The summed E-state index contributed by atoms with van der Waals surface area (Å²) in [5, 5.41) is 2.93. The van der Waals surface area contributed by atoms with E-state index in [-0.39, 0.29) is 12.5 Å². The van der Waals surface area contributed by atoms with Crippen molar-refractivity contribution >= 4 is 5.91 Å². The normalized spacial score (nSPS) is 11.4. The zero-order valence-electron chi connectivity index (χ0n) is 13.9. The molecule has 22 heavy (non-hydrogen) atoms. The minimum absolute atomic E-state index is 0.0288. The molecule has 0 aromatic carbocycles. The summed E-state index contributed by atoms with van der Waals surface area (Å²) in [5.41, 5.74) is 0.813. The largest absolute Gasteiger partial charge is 0.350 e. The number of hydrogen-bond donors (Lipinski definition) is 1. The lowest BCUT2D eigenvalue weighted by Crippen LogP contribution is -2.45. The molecule has 0 unspecified atom stereocenters. The molecule has 0 aliphatic rings. The molecular formula is C17H28N2O3. The number of nitrogens with one attached hydrogen (secondary N) is 1. The van der Waals surface area contributed by atoms with Crippen molar-refractivity contribution in [2.45, 2.75) is 52.2 Å². The molecule has 0 saturated carbocycles. The molecule has 0 bridgehead atoms. The van der Waals surface area contributed by atoms with Gasteiger partial charge >= 0.3 is 0 Å². The van der Waals surface area contributed by atoms with Gasteiger partial charge in [0.15, 0.2) is 0 Å². The molecule has 1 rings (SSSR count). The molecule has 0 fully saturated rings. The van der Waals surface area contributed by atoms with Gasteiger partial charge in [-0.25, -0.2) is 0 Å². The molecule has 0 aliphatic heterocycles. The third kappa shape index (κ3) is 5.73. The minimum Gasteiger partial charge on any atom is -0.350 e. The third-order valence-corrected chi connectivity index (χ3v) is 3.38. The Morgan fingerprint density at radius 3 is 2.50 bits per heavy atom. The van der Waals surface area contributed by atoms with Gasteiger partial charge in [-0.2, -0.15) is 0 Å². The summed E-state index contributed by atoms with van der Waals surface area (Å²) >= 11 is 0. The highest BCUT2D eigenvalue weighted by molar-refractivity contribution is 5.75. The number of ether oxygens (including phenoxy) is 2. The van der Waals surface area contributed by atoms with Crippen LogP contribution in [0.15, 0.2) is 24.5 Å². The molecule has 0 aliphatic carbocycles. The highest BCUT2D eigenvalue weighted by atomic mass is 16.7. The van der Waals surface area contributed by atoms with E-state index in [1.807, 2.05) is 26.0 Å². The zero-order chi connectivity index (χ0) is 16.3. The molecule has 0 atom stereocenters. The first-order valence-corrected chi connectivity index (χ1v) is 8.13. The summed E-state index contributed by atoms with van der Waals surface area (Å²) in [4.78, 5) is 16.1. The maximum atomic E-state index is 12.0. The maximum Gasteiger partial charge on any atom is 0.220 e. The topological polar surface area (TPSA) is 60.5 Å². The Bertz CT molecular complexity index is 417. The Balaban J connectivity index is 2.75. The molecule has 1 N–H and O–H groups in total. The van der Waals surface area contributed by atoms with Crippen LogP contribution in [0.25, 0.3) is 0 Å². The van der Waals surface area contributed by atoms with Gasteiger partial charge in [0.1, 0.15) is 0 Å². The molecule has 0 spiro atoms. The van der Waals surface area contributed by atoms with Gasteiger partial charge in [0.25, 0.3) is 0 Å². The Morgan fingerprint density at radius 1 is 1.23 bits per heavy atom. The van der Waals surface area contributed by atoms with Crippen molar-refractivity contribution in [3.05, 3.63) is 30.1 Å². The summed E-state index contributed by atoms with van der Waals surface area (Å²) in [5.74, 6) is -0.945. The van der Waals surface area contributed by atoms with Gasteiger partial charge in [-0.05, 0) is 26.3 Å². The average molecular weight is 308 g/mol. The van der Waals surface area contributed by atoms with Crippen molar-refractivity contribution in [2.24, 2.45) is 0 Å². The number of nitrogens with zero attached hydrogens (tertiary/aromatic N) is 1. The number of unbranched alkanes of at least 4 members (excludes halogenated alkanes) is 2. The van der Waals surface area contributed by atoms with Crippen LogP contribution >= 0.6 is 0 Å². The Labute approximate surface area is 133 Å². The number of hydrogen-bond acceptors (Lipinski definition) is 4. The quantitative estimate of drug-likeness (QED) is 0.504. The van der Waals surface area contributed by atoms with E-state index in [1.54, 1.807) is 12.4 Å². The van der Waals surface area contributed by atoms with Crippen LogP contribution in [0.1, 0.15) is 52.0 Å². The Morgan fingerprint density at radius 2 is 1.95 bits per heavy atom.